The van der Waals surface area contributed by atoms with E-state index in [1.807, 2.05) is 30.3 Å². The highest BCUT2D eigenvalue weighted by atomic mass is 32.2. The molecule has 3 N–H and O–H groups in total. The van der Waals surface area contributed by atoms with Crippen molar-refractivity contribution in [2.75, 3.05) is 7.05 Å². The second kappa shape index (κ2) is 13.4. The van der Waals surface area contributed by atoms with Gasteiger partial charge in [-0.1, -0.05) is 74.0 Å². The molecule has 0 aromatic heterocycles. The maximum atomic E-state index is 11.1. The van der Waals surface area contributed by atoms with Crippen molar-refractivity contribution in [3.05, 3.63) is 84.0 Å². The smallest absolute Gasteiger partial charge is 0.267 e. The Morgan fingerprint density at radius 1 is 1.00 bits per heavy atom. The Hall–Kier alpha value is -2.74. The van der Waals surface area contributed by atoms with E-state index in [1.54, 1.807) is 41.9 Å². The lowest BCUT2D eigenvalue weighted by atomic mass is 10.0. The minimum atomic E-state index is -3.25. The molecular weight excluding hydrogens is 388 g/mol. The maximum Gasteiger partial charge on any atom is 0.267 e. The highest BCUT2D eigenvalue weighted by Crippen LogP contribution is 2.14. The van der Waals surface area contributed by atoms with Crippen molar-refractivity contribution in [1.82, 2.24) is 10.2 Å². The van der Waals surface area contributed by atoms with Crippen LogP contribution >= 0.6 is 0 Å². The van der Waals surface area contributed by atoms with Gasteiger partial charge in [-0.3, -0.25) is 10.0 Å². The molecule has 2 aromatic rings. The Morgan fingerprint density at radius 3 is 2.10 bits per heavy atom. The molecule has 0 heterocycles. The molecule has 2 aromatic carbocycles. The van der Waals surface area contributed by atoms with Gasteiger partial charge in [0, 0.05) is 6.08 Å². The number of allylic oxidation sites excluding steroid dienone is 2. The first-order valence-electron chi connectivity index (χ1n) is 9.29. The highest BCUT2D eigenvalue weighted by Gasteiger charge is 2.08. The van der Waals surface area contributed by atoms with E-state index in [2.05, 4.69) is 17.7 Å². The van der Waals surface area contributed by atoms with Gasteiger partial charge in [-0.15, -0.1) is 0 Å². The average molecular weight is 417 g/mol. The molecule has 1 amide bonds. The summed E-state index contributed by atoms with van der Waals surface area (Å²) in [6.07, 6.45) is 8.23. The summed E-state index contributed by atoms with van der Waals surface area (Å²) in [5, 5.41) is 8.44. The molecule has 0 aliphatic heterocycles. The van der Waals surface area contributed by atoms with E-state index in [-0.39, 0.29) is 0 Å². The molecule has 0 atom stereocenters. The molecule has 29 heavy (non-hydrogen) atoms. The molecule has 0 saturated heterocycles. The molecule has 156 valence electrons. The molecule has 0 aliphatic carbocycles. The van der Waals surface area contributed by atoms with Gasteiger partial charge in [-0.25, -0.2) is 18.6 Å². The van der Waals surface area contributed by atoms with Crippen LogP contribution in [-0.4, -0.2) is 26.6 Å². The van der Waals surface area contributed by atoms with Gasteiger partial charge in [-0.05, 0) is 43.2 Å². The molecule has 2 rings (SSSR count). The van der Waals surface area contributed by atoms with Gasteiger partial charge in [0.1, 0.15) is 0 Å². The van der Waals surface area contributed by atoms with Crippen molar-refractivity contribution in [1.29, 1.82) is 0 Å². The highest BCUT2D eigenvalue weighted by molar-refractivity contribution is 7.89. The third kappa shape index (κ3) is 9.84. The van der Waals surface area contributed by atoms with E-state index in [1.165, 1.54) is 13.1 Å². The molecular formula is C22H28N2O4S. The summed E-state index contributed by atoms with van der Waals surface area (Å²) in [4.78, 5) is 11.3. The van der Waals surface area contributed by atoms with E-state index in [4.69, 9.17) is 5.21 Å². The van der Waals surface area contributed by atoms with Crippen LogP contribution in [-0.2, 0) is 14.8 Å². The zero-order chi connectivity index (χ0) is 21.5. The molecule has 0 saturated carbocycles. The average Bonchev–Trinajstić information content (AvgIpc) is 2.77. The Bertz CT molecular complexity index is 893. The predicted molar refractivity (Wildman–Crippen MR) is 116 cm³/mol. The van der Waals surface area contributed by atoms with Gasteiger partial charge in [-0.2, -0.15) is 0 Å². The van der Waals surface area contributed by atoms with Crippen LogP contribution in [0.3, 0.4) is 0 Å². The first-order chi connectivity index (χ1) is 13.9. The van der Waals surface area contributed by atoms with E-state index in [0.29, 0.717) is 4.90 Å². The lowest BCUT2D eigenvalue weighted by Gasteiger charge is -2.02. The fourth-order valence-corrected chi connectivity index (χ4v) is 3.04. The summed E-state index contributed by atoms with van der Waals surface area (Å²) >= 11 is 0. The SMILES string of the molecule is CCCCC(/C=C/C(=O)NO)=C\c1ccccc1.CNS(=O)(=O)c1ccccc1. The van der Waals surface area contributed by atoms with E-state index < -0.39 is 15.9 Å². The van der Waals surface area contributed by atoms with E-state index in [0.717, 1.165) is 30.4 Å². The fourth-order valence-electron chi connectivity index (χ4n) is 2.29. The summed E-state index contributed by atoms with van der Waals surface area (Å²) in [5.74, 6) is -0.509. The first kappa shape index (κ1) is 24.3. The molecule has 0 radical (unpaired) electrons. The van der Waals surface area contributed by atoms with Gasteiger partial charge >= 0.3 is 0 Å². The number of sulfonamides is 1. The zero-order valence-corrected chi connectivity index (χ0v) is 17.5. The summed E-state index contributed by atoms with van der Waals surface area (Å²) < 4.78 is 24.4. The summed E-state index contributed by atoms with van der Waals surface area (Å²) in [7, 11) is -1.86. The van der Waals surface area contributed by atoms with Crippen molar-refractivity contribution in [3.8, 4) is 0 Å². The number of unbranched alkanes of at least 4 members (excludes halogenated alkanes) is 1. The van der Waals surface area contributed by atoms with E-state index in [9.17, 15) is 13.2 Å². The number of hydrogen-bond acceptors (Lipinski definition) is 4. The second-order valence-electron chi connectivity index (χ2n) is 6.06. The van der Waals surface area contributed by atoms with Crippen LogP contribution in [0, 0.1) is 0 Å². The molecule has 0 bridgehead atoms. The number of hydroxylamine groups is 1. The lowest BCUT2D eigenvalue weighted by Crippen LogP contribution is -2.18. The molecule has 6 nitrogen and oxygen atoms in total. The zero-order valence-electron chi connectivity index (χ0n) is 16.7. The van der Waals surface area contributed by atoms with Crippen molar-refractivity contribution < 1.29 is 18.4 Å². The Balaban J connectivity index is 0.000000326. The minimum Gasteiger partial charge on any atom is -0.288 e. The number of carbonyl (C=O) groups excluding carboxylic acids is 1. The van der Waals surface area contributed by atoms with Gasteiger partial charge in [0.25, 0.3) is 5.91 Å². The number of hydrogen-bond donors (Lipinski definition) is 3. The van der Waals surface area contributed by atoms with Crippen LogP contribution in [0.15, 0.2) is 83.3 Å². The quantitative estimate of drug-likeness (QED) is 0.263. The summed E-state index contributed by atoms with van der Waals surface area (Å²) in [5.41, 5.74) is 3.77. The van der Waals surface area contributed by atoms with Gasteiger partial charge in [0.2, 0.25) is 10.0 Å². The molecule has 7 heteroatoms. The molecule has 0 aliphatic rings. The van der Waals surface area contributed by atoms with Crippen LogP contribution in [0.25, 0.3) is 6.08 Å². The van der Waals surface area contributed by atoms with Gasteiger partial charge in [0.05, 0.1) is 4.90 Å². The third-order valence-corrected chi connectivity index (χ3v) is 5.28. The maximum absolute atomic E-state index is 11.1. The number of carbonyl (C=O) groups is 1. The monoisotopic (exact) mass is 416 g/mol. The van der Waals surface area contributed by atoms with Crippen molar-refractivity contribution in [3.63, 3.8) is 0 Å². The number of nitrogens with one attached hydrogen (secondary N) is 2. The lowest BCUT2D eigenvalue weighted by molar-refractivity contribution is -0.124. The fraction of sp³-hybridized carbons (Fsp3) is 0.227. The number of amides is 1. The van der Waals surface area contributed by atoms with Crippen molar-refractivity contribution in [2.45, 2.75) is 31.1 Å². The van der Waals surface area contributed by atoms with E-state index >= 15 is 0 Å². The topological polar surface area (TPSA) is 95.5 Å². The van der Waals surface area contributed by atoms with Crippen molar-refractivity contribution in [2.24, 2.45) is 0 Å². The second-order valence-corrected chi connectivity index (χ2v) is 7.95. The number of rotatable bonds is 8. The van der Waals surface area contributed by atoms with Crippen LogP contribution in [0.2, 0.25) is 0 Å². The van der Waals surface area contributed by atoms with Crippen molar-refractivity contribution >= 4 is 22.0 Å². The summed E-state index contributed by atoms with van der Waals surface area (Å²) in [6.45, 7) is 2.13. The van der Waals surface area contributed by atoms with Gasteiger partial charge in [0.15, 0.2) is 0 Å². The van der Waals surface area contributed by atoms with Crippen LogP contribution < -0.4 is 10.2 Å². The predicted octanol–water partition coefficient (Wildman–Crippen LogP) is 3.92. The normalized spacial score (nSPS) is 11.6. The Kier molecular flexibility index (Phi) is 11.3. The first-order valence-corrected chi connectivity index (χ1v) is 10.8. The Labute approximate surface area is 173 Å². The van der Waals surface area contributed by atoms with Gasteiger partial charge < -0.3 is 0 Å². The molecule has 0 spiro atoms. The van der Waals surface area contributed by atoms with Crippen LogP contribution in [0.4, 0.5) is 0 Å². The standard InChI is InChI=1S/C15H19NO2.C7H9NO2S/c1-2-3-7-14(10-11-15(17)16-18)12-13-8-5-4-6-9-13;1-8-11(9,10)7-5-3-2-4-6-7/h4-6,8-12,18H,2-3,7H2,1H3,(H,16,17);2-6,8H,1H3/b11-10+,14-12+;. The largest absolute Gasteiger partial charge is 0.288 e. The third-order valence-electron chi connectivity index (χ3n) is 3.85. The molecule has 0 unspecified atom stereocenters. The minimum absolute atomic E-state index is 0.294. The number of benzene rings is 2. The van der Waals surface area contributed by atoms with Crippen LogP contribution in [0.1, 0.15) is 31.7 Å². The summed E-state index contributed by atoms with van der Waals surface area (Å²) in [6, 6.07) is 18.2. The van der Waals surface area contributed by atoms with Crippen LogP contribution in [0.5, 0.6) is 0 Å². The Morgan fingerprint density at radius 2 is 1.59 bits per heavy atom. The molecule has 0 fully saturated rings.